The average Bonchev–Trinajstić information content (AvgIpc) is 2.47. The van der Waals surface area contributed by atoms with E-state index in [1.165, 1.54) is 23.3 Å². The van der Waals surface area contributed by atoms with Gasteiger partial charge in [0.1, 0.15) is 5.82 Å². The fourth-order valence-electron chi connectivity index (χ4n) is 2.98. The highest BCUT2D eigenvalue weighted by Crippen LogP contribution is 2.29. The number of aryl methyl sites for hydroxylation is 1. The van der Waals surface area contributed by atoms with Crippen LogP contribution in [0.25, 0.3) is 0 Å². The van der Waals surface area contributed by atoms with E-state index in [2.05, 4.69) is 17.4 Å². The summed E-state index contributed by atoms with van der Waals surface area (Å²) in [5.41, 5.74) is 3.24. The Morgan fingerprint density at radius 2 is 2.05 bits per heavy atom. The molecule has 0 aliphatic heterocycles. The molecule has 2 aromatic carbocycles. The molecule has 0 fully saturated rings. The van der Waals surface area contributed by atoms with Crippen LogP contribution in [0.15, 0.2) is 48.5 Å². The van der Waals surface area contributed by atoms with Crippen molar-refractivity contribution in [2.45, 2.75) is 31.7 Å². The molecule has 0 aromatic heterocycles. The van der Waals surface area contributed by atoms with Gasteiger partial charge in [-0.05, 0) is 48.1 Å². The van der Waals surface area contributed by atoms with Crippen LogP contribution in [-0.4, -0.2) is 5.91 Å². The fourth-order valence-corrected chi connectivity index (χ4v) is 2.98. The van der Waals surface area contributed by atoms with Crippen molar-refractivity contribution in [3.05, 3.63) is 71.0 Å². The molecule has 1 N–H and O–H groups in total. The summed E-state index contributed by atoms with van der Waals surface area (Å²) in [6.45, 7) is 0. The van der Waals surface area contributed by atoms with Gasteiger partial charge in [-0.15, -0.1) is 0 Å². The number of benzene rings is 2. The van der Waals surface area contributed by atoms with E-state index < -0.39 is 0 Å². The SMILES string of the molecule is O=C(Cc1cccc(F)c1)N[C@@H]1CCCc2ccccc21. The van der Waals surface area contributed by atoms with Gasteiger partial charge >= 0.3 is 0 Å². The van der Waals surface area contributed by atoms with Gasteiger partial charge in [-0.25, -0.2) is 4.39 Å². The van der Waals surface area contributed by atoms with Gasteiger partial charge in [0.15, 0.2) is 0 Å². The number of fused-ring (bicyclic) bond motifs is 1. The van der Waals surface area contributed by atoms with Crippen molar-refractivity contribution in [1.29, 1.82) is 0 Å². The molecule has 21 heavy (non-hydrogen) atoms. The first-order chi connectivity index (χ1) is 10.2. The average molecular weight is 283 g/mol. The molecule has 0 spiro atoms. The topological polar surface area (TPSA) is 29.1 Å². The number of halogens is 1. The third-order valence-electron chi connectivity index (χ3n) is 3.96. The van der Waals surface area contributed by atoms with Crippen LogP contribution in [0.3, 0.4) is 0 Å². The van der Waals surface area contributed by atoms with Gasteiger partial charge in [0.05, 0.1) is 12.5 Å². The van der Waals surface area contributed by atoms with E-state index in [0.29, 0.717) is 5.56 Å². The van der Waals surface area contributed by atoms with Crippen molar-refractivity contribution < 1.29 is 9.18 Å². The van der Waals surface area contributed by atoms with Gasteiger partial charge < -0.3 is 5.32 Å². The van der Waals surface area contributed by atoms with Crippen molar-refractivity contribution in [1.82, 2.24) is 5.32 Å². The molecule has 0 bridgehead atoms. The largest absolute Gasteiger partial charge is 0.349 e. The molecular weight excluding hydrogens is 265 g/mol. The van der Waals surface area contributed by atoms with E-state index in [0.717, 1.165) is 19.3 Å². The number of hydrogen-bond acceptors (Lipinski definition) is 1. The lowest BCUT2D eigenvalue weighted by molar-refractivity contribution is -0.121. The second kappa shape index (κ2) is 6.08. The number of rotatable bonds is 3. The standard InChI is InChI=1S/C18H18FNO/c19-15-8-3-5-13(11-15)12-18(21)20-17-10-4-7-14-6-1-2-9-16(14)17/h1-3,5-6,8-9,11,17H,4,7,10,12H2,(H,20,21)/t17-/m1/s1. The Balaban J connectivity index is 1.68. The zero-order valence-corrected chi connectivity index (χ0v) is 11.8. The number of nitrogens with one attached hydrogen (secondary N) is 1. The maximum atomic E-state index is 13.1. The summed E-state index contributed by atoms with van der Waals surface area (Å²) < 4.78 is 13.1. The molecule has 0 radical (unpaired) electrons. The monoisotopic (exact) mass is 283 g/mol. The minimum Gasteiger partial charge on any atom is -0.349 e. The molecule has 1 amide bonds. The first-order valence-electron chi connectivity index (χ1n) is 7.34. The highest BCUT2D eigenvalue weighted by Gasteiger charge is 2.21. The summed E-state index contributed by atoms with van der Waals surface area (Å²) >= 11 is 0. The zero-order chi connectivity index (χ0) is 14.7. The van der Waals surface area contributed by atoms with Gasteiger partial charge in [-0.2, -0.15) is 0 Å². The summed E-state index contributed by atoms with van der Waals surface area (Å²) in [6, 6.07) is 14.5. The number of carbonyl (C=O) groups excluding carboxylic acids is 1. The van der Waals surface area contributed by atoms with Crippen molar-refractivity contribution >= 4 is 5.91 Å². The quantitative estimate of drug-likeness (QED) is 0.917. The van der Waals surface area contributed by atoms with Crippen LogP contribution in [0, 0.1) is 5.82 Å². The van der Waals surface area contributed by atoms with E-state index in [-0.39, 0.29) is 24.2 Å². The normalized spacial score (nSPS) is 17.1. The van der Waals surface area contributed by atoms with Crippen LogP contribution >= 0.6 is 0 Å². The van der Waals surface area contributed by atoms with Crippen molar-refractivity contribution in [3.8, 4) is 0 Å². The van der Waals surface area contributed by atoms with Crippen molar-refractivity contribution in [2.24, 2.45) is 0 Å². The molecule has 1 aliphatic rings. The molecule has 1 atom stereocenters. The summed E-state index contributed by atoms with van der Waals surface area (Å²) in [5, 5.41) is 3.08. The second-order valence-corrected chi connectivity index (χ2v) is 5.52. The summed E-state index contributed by atoms with van der Waals surface area (Å²) in [6.07, 6.45) is 3.34. The second-order valence-electron chi connectivity index (χ2n) is 5.52. The maximum absolute atomic E-state index is 13.1. The highest BCUT2D eigenvalue weighted by atomic mass is 19.1. The minimum atomic E-state index is -0.302. The third kappa shape index (κ3) is 3.30. The van der Waals surface area contributed by atoms with E-state index in [9.17, 15) is 9.18 Å². The summed E-state index contributed by atoms with van der Waals surface area (Å²) in [4.78, 5) is 12.2. The molecule has 2 aromatic rings. The van der Waals surface area contributed by atoms with E-state index in [1.54, 1.807) is 12.1 Å². The first-order valence-corrected chi connectivity index (χ1v) is 7.34. The Kier molecular flexibility index (Phi) is 4.00. The van der Waals surface area contributed by atoms with E-state index >= 15 is 0 Å². The smallest absolute Gasteiger partial charge is 0.224 e. The van der Waals surface area contributed by atoms with Crippen LogP contribution in [0.2, 0.25) is 0 Å². The number of carbonyl (C=O) groups is 1. The predicted molar refractivity (Wildman–Crippen MR) is 80.4 cm³/mol. The first kappa shape index (κ1) is 13.8. The van der Waals surface area contributed by atoms with Gasteiger partial charge in [-0.1, -0.05) is 36.4 Å². The maximum Gasteiger partial charge on any atom is 0.224 e. The molecule has 0 unspecified atom stereocenters. The van der Waals surface area contributed by atoms with E-state index in [4.69, 9.17) is 0 Å². The molecule has 0 saturated carbocycles. The zero-order valence-electron chi connectivity index (χ0n) is 11.8. The Hall–Kier alpha value is -2.16. The third-order valence-corrected chi connectivity index (χ3v) is 3.96. The Morgan fingerprint density at radius 1 is 1.19 bits per heavy atom. The molecule has 3 heteroatoms. The molecular formula is C18H18FNO. The summed E-state index contributed by atoms with van der Waals surface area (Å²) in [7, 11) is 0. The van der Waals surface area contributed by atoms with Gasteiger partial charge in [0, 0.05) is 0 Å². The van der Waals surface area contributed by atoms with Crippen LogP contribution in [0.1, 0.15) is 35.6 Å². The van der Waals surface area contributed by atoms with Gasteiger partial charge in [0.2, 0.25) is 5.91 Å². The lowest BCUT2D eigenvalue weighted by Crippen LogP contribution is -2.32. The minimum absolute atomic E-state index is 0.0534. The van der Waals surface area contributed by atoms with Crippen LogP contribution < -0.4 is 5.32 Å². The van der Waals surface area contributed by atoms with Crippen LogP contribution in [-0.2, 0) is 17.6 Å². The van der Waals surface area contributed by atoms with Crippen LogP contribution in [0.4, 0.5) is 4.39 Å². The van der Waals surface area contributed by atoms with Crippen molar-refractivity contribution in [2.75, 3.05) is 0 Å². The highest BCUT2D eigenvalue weighted by molar-refractivity contribution is 5.79. The Labute approximate surface area is 124 Å². The van der Waals surface area contributed by atoms with Gasteiger partial charge in [-0.3, -0.25) is 4.79 Å². The molecule has 3 rings (SSSR count). The van der Waals surface area contributed by atoms with Crippen molar-refractivity contribution in [3.63, 3.8) is 0 Å². The van der Waals surface area contributed by atoms with Gasteiger partial charge in [0.25, 0.3) is 0 Å². The predicted octanol–water partition coefficient (Wildman–Crippen LogP) is 3.56. The molecule has 2 nitrogen and oxygen atoms in total. The molecule has 0 saturated heterocycles. The molecule has 0 heterocycles. The fraction of sp³-hybridized carbons (Fsp3) is 0.278. The van der Waals surface area contributed by atoms with E-state index in [1.807, 2.05) is 12.1 Å². The number of amides is 1. The Morgan fingerprint density at radius 3 is 2.90 bits per heavy atom. The number of hydrogen-bond donors (Lipinski definition) is 1. The summed E-state index contributed by atoms with van der Waals surface area (Å²) in [5.74, 6) is -0.356. The molecule has 108 valence electrons. The Bertz CT molecular complexity index is 653. The lowest BCUT2D eigenvalue weighted by Gasteiger charge is -2.26. The van der Waals surface area contributed by atoms with Crippen LogP contribution in [0.5, 0.6) is 0 Å². The lowest BCUT2D eigenvalue weighted by atomic mass is 9.87. The molecule has 1 aliphatic carbocycles.